The number of thioether (sulfide) groups is 1. The average Bonchev–Trinajstić information content (AvgIpc) is 3.09. The maximum absolute atomic E-state index is 14.1. The molecule has 1 saturated heterocycles. The van der Waals surface area contributed by atoms with Gasteiger partial charge in [0.05, 0.1) is 36.0 Å². The molecule has 2 aliphatic heterocycles. The molecule has 3 aromatic rings. The third kappa shape index (κ3) is 10.1. The average molecular weight is 787 g/mol. The Hall–Kier alpha value is -3.65. The summed E-state index contributed by atoms with van der Waals surface area (Å²) in [5.41, 5.74) is -6.10. The summed E-state index contributed by atoms with van der Waals surface area (Å²) in [4.78, 5) is 23.4. The maximum atomic E-state index is 14.1. The summed E-state index contributed by atoms with van der Waals surface area (Å²) in [6.07, 6.45) is 1.12. The molecule has 2 aromatic carbocycles. The summed E-state index contributed by atoms with van der Waals surface area (Å²) >= 11 is 1.45. The van der Waals surface area contributed by atoms with Crippen molar-refractivity contribution in [2.24, 2.45) is 0 Å². The van der Waals surface area contributed by atoms with Gasteiger partial charge in [-0.2, -0.15) is 13.2 Å². The van der Waals surface area contributed by atoms with Crippen molar-refractivity contribution in [1.29, 1.82) is 0 Å². The number of alkyl halides is 3. The van der Waals surface area contributed by atoms with Crippen molar-refractivity contribution in [1.82, 2.24) is 19.8 Å². The minimum absolute atomic E-state index is 0.00506. The highest BCUT2D eigenvalue weighted by Crippen LogP contribution is 2.37. The fraction of sp³-hybridized carbons (Fsp3) is 0.485. The standard InChI is InChI=1S/C33H41F3N6O7S3/c1-32(2,3)49-31(43)42-14-12-26-28(20-42)37-22-38-30(26)40-52(46,47)25-9-10-27(29(19-25)51(44,45)33(34,35)36)39-23(11-13-41-15-17-48-18-16-41)21-50-24-7-5-4-6-8-24/h4-10,19,22-23,39H,11-18,20-21H2,1-3H3,(H,37,38,40)/t23-/m1/s1. The number of fused-ring (bicyclic) bond motifs is 1. The fourth-order valence-electron chi connectivity index (χ4n) is 5.54. The van der Waals surface area contributed by atoms with Crippen LogP contribution in [0.3, 0.4) is 0 Å². The number of nitrogens with zero attached hydrogens (tertiary/aromatic N) is 4. The van der Waals surface area contributed by atoms with Crippen molar-refractivity contribution in [3.63, 3.8) is 0 Å². The first-order chi connectivity index (χ1) is 24.4. The molecule has 2 aliphatic rings. The molecule has 1 amide bonds. The first kappa shape index (κ1) is 39.6. The first-order valence-corrected chi connectivity index (χ1v) is 20.4. The number of amides is 1. The number of aromatic nitrogens is 2. The molecule has 3 heterocycles. The number of carbonyl (C=O) groups is 1. The number of sulfonamides is 1. The Morgan fingerprint density at radius 3 is 2.40 bits per heavy atom. The maximum Gasteiger partial charge on any atom is 0.501 e. The van der Waals surface area contributed by atoms with Crippen LogP contribution in [0.5, 0.6) is 0 Å². The number of carbonyl (C=O) groups excluding carboxylic acids is 1. The summed E-state index contributed by atoms with van der Waals surface area (Å²) in [7, 11) is -10.7. The van der Waals surface area contributed by atoms with Crippen LogP contribution in [0.1, 0.15) is 38.4 Å². The second kappa shape index (κ2) is 16.2. The molecule has 0 radical (unpaired) electrons. The molecular formula is C33H41F3N6O7S3. The van der Waals surface area contributed by atoms with E-state index in [1.807, 2.05) is 30.3 Å². The number of rotatable bonds is 12. The molecule has 2 N–H and O–H groups in total. The molecule has 19 heteroatoms. The van der Waals surface area contributed by atoms with Crippen LogP contribution >= 0.6 is 11.8 Å². The Morgan fingerprint density at radius 1 is 1.02 bits per heavy atom. The number of benzene rings is 2. The second-order valence-corrected chi connectivity index (χ2v) is 17.9. The van der Waals surface area contributed by atoms with E-state index in [1.54, 1.807) is 20.8 Å². The monoisotopic (exact) mass is 786 g/mol. The van der Waals surface area contributed by atoms with E-state index in [1.165, 1.54) is 16.7 Å². The molecule has 0 spiro atoms. The van der Waals surface area contributed by atoms with Gasteiger partial charge in [0.15, 0.2) is 0 Å². The van der Waals surface area contributed by atoms with Crippen LogP contribution in [0.4, 0.5) is 29.5 Å². The Kier molecular flexibility index (Phi) is 12.3. The van der Waals surface area contributed by atoms with Crippen molar-refractivity contribution < 1.29 is 44.3 Å². The Labute approximate surface area is 305 Å². The van der Waals surface area contributed by atoms with E-state index in [2.05, 4.69) is 24.9 Å². The van der Waals surface area contributed by atoms with E-state index in [-0.39, 0.29) is 31.0 Å². The lowest BCUT2D eigenvalue weighted by Gasteiger charge is -2.31. The van der Waals surface area contributed by atoms with Crippen LogP contribution in [0.2, 0.25) is 0 Å². The van der Waals surface area contributed by atoms with Crippen LogP contribution in [0.25, 0.3) is 0 Å². The normalized spacial score (nSPS) is 16.5. The van der Waals surface area contributed by atoms with Gasteiger partial charge in [0.1, 0.15) is 22.6 Å². The van der Waals surface area contributed by atoms with Crippen LogP contribution in [-0.4, -0.2) is 105 Å². The van der Waals surface area contributed by atoms with Crippen LogP contribution in [0.15, 0.2) is 69.5 Å². The number of morpholine rings is 1. The predicted molar refractivity (Wildman–Crippen MR) is 189 cm³/mol. The molecule has 5 rings (SSSR count). The molecular weight excluding hydrogens is 746 g/mol. The summed E-state index contributed by atoms with van der Waals surface area (Å²) in [5, 5.41) is 3.00. The molecule has 0 aliphatic carbocycles. The van der Waals surface area contributed by atoms with E-state index >= 15 is 0 Å². The number of hydrogen-bond acceptors (Lipinski definition) is 12. The quantitative estimate of drug-likeness (QED) is 0.233. The van der Waals surface area contributed by atoms with E-state index in [4.69, 9.17) is 9.47 Å². The summed E-state index contributed by atoms with van der Waals surface area (Å²) in [6, 6.07) is 11.4. The zero-order valence-electron chi connectivity index (χ0n) is 28.8. The molecule has 284 valence electrons. The molecule has 1 aromatic heterocycles. The van der Waals surface area contributed by atoms with E-state index in [0.717, 1.165) is 23.4 Å². The predicted octanol–water partition coefficient (Wildman–Crippen LogP) is 5.16. The second-order valence-electron chi connectivity index (χ2n) is 13.2. The highest BCUT2D eigenvalue weighted by molar-refractivity contribution is 7.99. The van der Waals surface area contributed by atoms with Crippen molar-refractivity contribution in [3.05, 3.63) is 66.1 Å². The minimum atomic E-state index is -6.02. The van der Waals surface area contributed by atoms with Crippen molar-refractivity contribution in [2.75, 3.05) is 55.2 Å². The molecule has 13 nitrogen and oxygen atoms in total. The smallest absolute Gasteiger partial charge is 0.444 e. The highest BCUT2D eigenvalue weighted by Gasteiger charge is 2.48. The number of sulfone groups is 1. The number of nitrogens with one attached hydrogen (secondary N) is 2. The third-order valence-corrected chi connectivity index (χ3v) is 12.2. The van der Waals surface area contributed by atoms with Gasteiger partial charge in [-0.05, 0) is 63.9 Å². The SMILES string of the molecule is CC(C)(C)OC(=O)N1CCc2c(ncnc2NS(=O)(=O)c2ccc(N[C@H](CCN3CCOCC3)CSc3ccccc3)c(S(=O)(=O)C(F)(F)F)c2)C1. The lowest BCUT2D eigenvalue weighted by molar-refractivity contribution is -0.0436. The molecule has 0 saturated carbocycles. The van der Waals surface area contributed by atoms with Crippen LogP contribution in [-0.2, 0) is 42.3 Å². The zero-order chi connectivity index (χ0) is 37.7. The van der Waals surface area contributed by atoms with Crippen molar-refractivity contribution in [3.8, 4) is 0 Å². The topological polar surface area (TPSA) is 160 Å². The van der Waals surface area contributed by atoms with Crippen molar-refractivity contribution >= 4 is 49.2 Å². The molecule has 0 bridgehead atoms. The minimum Gasteiger partial charge on any atom is -0.444 e. The molecule has 0 unspecified atom stereocenters. The van der Waals surface area contributed by atoms with E-state index < -0.39 is 52.9 Å². The lowest BCUT2D eigenvalue weighted by Crippen LogP contribution is -2.40. The van der Waals surface area contributed by atoms with Gasteiger partial charge in [0.25, 0.3) is 19.9 Å². The van der Waals surface area contributed by atoms with Gasteiger partial charge in [0.2, 0.25) is 0 Å². The fourth-order valence-corrected chi connectivity index (χ4v) is 8.62. The Bertz CT molecular complexity index is 1940. The summed E-state index contributed by atoms with van der Waals surface area (Å²) < 4.78 is 109. The number of hydrogen-bond donors (Lipinski definition) is 2. The van der Waals surface area contributed by atoms with Crippen molar-refractivity contribution in [2.45, 2.75) is 72.0 Å². The molecule has 1 atom stereocenters. The van der Waals surface area contributed by atoms with Crippen LogP contribution < -0.4 is 10.0 Å². The van der Waals surface area contributed by atoms with Gasteiger partial charge >= 0.3 is 11.6 Å². The van der Waals surface area contributed by atoms with E-state index in [9.17, 15) is 34.8 Å². The Balaban J connectivity index is 1.42. The van der Waals surface area contributed by atoms with Gasteiger partial charge < -0.3 is 19.7 Å². The Morgan fingerprint density at radius 2 is 1.73 bits per heavy atom. The van der Waals surface area contributed by atoms with Crippen LogP contribution in [0, 0.1) is 0 Å². The third-order valence-electron chi connectivity index (χ3n) is 8.20. The number of halogens is 3. The first-order valence-electron chi connectivity index (χ1n) is 16.5. The van der Waals surface area contributed by atoms with E-state index in [0.29, 0.717) is 62.3 Å². The van der Waals surface area contributed by atoms with Gasteiger partial charge in [-0.15, -0.1) is 11.8 Å². The lowest BCUT2D eigenvalue weighted by atomic mass is 10.1. The highest BCUT2D eigenvalue weighted by atomic mass is 32.2. The zero-order valence-corrected chi connectivity index (χ0v) is 31.3. The molecule has 52 heavy (non-hydrogen) atoms. The number of anilines is 2. The van der Waals surface area contributed by atoms with Gasteiger partial charge in [0, 0.05) is 48.4 Å². The summed E-state index contributed by atoms with van der Waals surface area (Å²) in [6.45, 7) is 8.39. The number of ether oxygens (including phenoxy) is 2. The largest absolute Gasteiger partial charge is 0.501 e. The van der Waals surface area contributed by atoms with Gasteiger partial charge in [-0.25, -0.2) is 31.6 Å². The summed E-state index contributed by atoms with van der Waals surface area (Å²) in [5.74, 6) is 0.239. The van der Waals surface area contributed by atoms with Gasteiger partial charge in [-0.1, -0.05) is 18.2 Å². The van der Waals surface area contributed by atoms with Gasteiger partial charge in [-0.3, -0.25) is 9.62 Å². The molecule has 1 fully saturated rings.